The van der Waals surface area contributed by atoms with E-state index in [4.69, 9.17) is 28.4 Å². The number of halogens is 2. The lowest BCUT2D eigenvalue weighted by molar-refractivity contribution is -0.265. The van der Waals surface area contributed by atoms with Crippen molar-refractivity contribution >= 4 is 55.7 Å². The molecule has 2 aliphatic rings. The maximum atomic E-state index is 12.8. The summed E-state index contributed by atoms with van der Waals surface area (Å²) in [6.07, 6.45) is 4.21. The Hall–Kier alpha value is -3.66. The van der Waals surface area contributed by atoms with Crippen molar-refractivity contribution in [2.45, 2.75) is 128 Å². The van der Waals surface area contributed by atoms with Crippen LogP contribution >= 0.6 is 31.9 Å². The zero-order chi connectivity index (χ0) is 39.7. The topological polar surface area (TPSA) is 154 Å². The number of fused-ring (bicyclic) bond motifs is 3. The molecule has 298 valence electrons. The molecule has 0 bridgehead atoms. The van der Waals surface area contributed by atoms with Gasteiger partial charge in [-0.1, -0.05) is 94.7 Å². The molecule has 0 amide bonds. The number of methoxy groups -OCH3 is 1. The summed E-state index contributed by atoms with van der Waals surface area (Å²) in [4.78, 5) is 49.0. The molecule has 5 unspecified atom stereocenters. The Bertz CT molecular complexity index is 1780. The van der Waals surface area contributed by atoms with E-state index in [1.807, 2.05) is 0 Å². The lowest BCUT2D eigenvalue weighted by Gasteiger charge is -2.43. The molecular weight excluding hydrogens is 842 g/mol. The quantitative estimate of drug-likeness (QED) is 0.0699. The van der Waals surface area contributed by atoms with Gasteiger partial charge in [0.2, 0.25) is 0 Å². The Morgan fingerprint density at radius 2 is 1.35 bits per heavy atom. The monoisotopic (exact) mass is 889 g/mol. The molecule has 15 heteroatoms. The highest BCUT2D eigenvalue weighted by Gasteiger charge is 2.55. The number of hydrogen-bond donors (Lipinski definition) is 0. The molecule has 55 heavy (non-hydrogen) atoms. The maximum absolute atomic E-state index is 12.8. The first kappa shape index (κ1) is 42.5. The number of esters is 4. The fourth-order valence-electron chi connectivity index (χ4n) is 7.75. The van der Waals surface area contributed by atoms with Crippen LogP contribution in [0, 0.1) is 0 Å². The van der Waals surface area contributed by atoms with Crippen molar-refractivity contribution in [2.24, 2.45) is 0 Å². The van der Waals surface area contributed by atoms with Crippen LogP contribution in [0.1, 0.15) is 109 Å². The second kappa shape index (κ2) is 19.5. The zero-order valence-corrected chi connectivity index (χ0v) is 35.1. The van der Waals surface area contributed by atoms with Crippen molar-refractivity contribution in [3.63, 3.8) is 0 Å². The number of hydrogen-bond acceptors (Lipinski definition) is 12. The van der Waals surface area contributed by atoms with Gasteiger partial charge in [0.25, 0.3) is 0 Å². The Morgan fingerprint density at radius 1 is 0.782 bits per heavy atom. The van der Waals surface area contributed by atoms with Crippen LogP contribution < -0.4 is 0 Å². The highest BCUT2D eigenvalue weighted by molar-refractivity contribution is 9.10. The molecular formula is C40H49Br2N3O10. The Balaban J connectivity index is 1.19. The molecule has 0 saturated carbocycles. The van der Waals surface area contributed by atoms with Gasteiger partial charge in [-0.05, 0) is 65.8 Å². The normalized spacial score (nSPS) is 21.0. The number of benzene rings is 2. The summed E-state index contributed by atoms with van der Waals surface area (Å²) in [6.45, 7) is 6.32. The molecule has 0 N–H and O–H groups in total. The molecule has 0 spiro atoms. The van der Waals surface area contributed by atoms with Crippen LogP contribution in [0.25, 0.3) is 11.1 Å². The minimum atomic E-state index is -1.54. The fourth-order valence-corrected chi connectivity index (χ4v) is 8.48. The van der Waals surface area contributed by atoms with E-state index in [1.165, 1.54) is 52.4 Å². The van der Waals surface area contributed by atoms with E-state index in [1.54, 1.807) is 0 Å². The van der Waals surface area contributed by atoms with Gasteiger partial charge in [0.15, 0.2) is 30.6 Å². The number of carbonyl (C=O) groups excluding carboxylic acids is 4. The van der Waals surface area contributed by atoms with Gasteiger partial charge in [0.05, 0.1) is 19.9 Å². The largest absolute Gasteiger partial charge is 0.467 e. The second-order valence-corrected chi connectivity index (χ2v) is 15.8. The maximum Gasteiger partial charge on any atom is 0.339 e. The van der Waals surface area contributed by atoms with Gasteiger partial charge in [-0.2, -0.15) is 0 Å². The summed E-state index contributed by atoms with van der Waals surface area (Å²) in [7, 11) is 1.13. The Labute approximate surface area is 338 Å². The standard InChI is InChI=1S/C40H49Br2N3O10/c1-6-7-10-17-40(32-20-27(41)13-15-30(32)31-16-14-28(42)21-33(31)40)18-11-8-9-12-19-51-23-29-22-45(44-43-29)38-36(54-26(4)48)34(52-24(2)46)35(53-25(3)47)37(55-38)39(49)50-5/h13-16,20-22,34-38H,6-12,17-19,23H2,1-5H3. The summed E-state index contributed by atoms with van der Waals surface area (Å²) in [5.41, 5.74) is 5.95. The van der Waals surface area contributed by atoms with E-state index in [-0.39, 0.29) is 12.0 Å². The number of nitrogens with zero attached hydrogens (tertiary/aromatic N) is 3. The average molecular weight is 892 g/mol. The number of rotatable bonds is 18. The van der Waals surface area contributed by atoms with E-state index >= 15 is 0 Å². The number of aromatic nitrogens is 3. The molecule has 0 radical (unpaired) electrons. The van der Waals surface area contributed by atoms with Crippen molar-refractivity contribution in [1.82, 2.24) is 15.0 Å². The van der Waals surface area contributed by atoms with E-state index in [0.717, 1.165) is 75.4 Å². The van der Waals surface area contributed by atoms with E-state index in [9.17, 15) is 19.2 Å². The van der Waals surface area contributed by atoms with Gasteiger partial charge < -0.3 is 28.4 Å². The van der Waals surface area contributed by atoms with Crippen LogP contribution in [-0.4, -0.2) is 77.0 Å². The lowest BCUT2D eigenvalue weighted by atomic mass is 9.70. The zero-order valence-electron chi connectivity index (χ0n) is 31.9. The van der Waals surface area contributed by atoms with Crippen LogP contribution in [0.5, 0.6) is 0 Å². The van der Waals surface area contributed by atoms with Crippen molar-refractivity contribution in [3.8, 4) is 11.1 Å². The molecule has 2 heterocycles. The molecule has 2 aromatic carbocycles. The van der Waals surface area contributed by atoms with Crippen molar-refractivity contribution in [3.05, 3.63) is 68.4 Å². The molecule has 5 rings (SSSR count). The third kappa shape index (κ3) is 10.2. The molecule has 1 saturated heterocycles. The molecule has 1 fully saturated rings. The van der Waals surface area contributed by atoms with Crippen molar-refractivity contribution in [1.29, 1.82) is 0 Å². The van der Waals surface area contributed by atoms with E-state index in [2.05, 4.69) is 85.5 Å². The van der Waals surface area contributed by atoms with Crippen LogP contribution in [0.3, 0.4) is 0 Å². The van der Waals surface area contributed by atoms with Gasteiger partial charge >= 0.3 is 23.9 Å². The number of ether oxygens (including phenoxy) is 6. The van der Waals surface area contributed by atoms with Crippen molar-refractivity contribution < 1.29 is 47.6 Å². The molecule has 1 aliphatic carbocycles. The van der Waals surface area contributed by atoms with Crippen LogP contribution in [0.4, 0.5) is 0 Å². The number of carbonyl (C=O) groups is 4. The highest BCUT2D eigenvalue weighted by Crippen LogP contribution is 2.55. The summed E-state index contributed by atoms with van der Waals surface area (Å²) in [5, 5.41) is 8.31. The molecule has 13 nitrogen and oxygen atoms in total. The van der Waals surface area contributed by atoms with Gasteiger partial charge in [0, 0.05) is 41.7 Å². The smallest absolute Gasteiger partial charge is 0.339 e. The summed E-state index contributed by atoms with van der Waals surface area (Å²) >= 11 is 7.50. The predicted molar refractivity (Wildman–Crippen MR) is 208 cm³/mol. The highest BCUT2D eigenvalue weighted by atomic mass is 79.9. The Morgan fingerprint density at radius 3 is 1.93 bits per heavy atom. The summed E-state index contributed by atoms with van der Waals surface area (Å²) < 4.78 is 36.5. The first-order valence-corrected chi connectivity index (χ1v) is 20.3. The SMILES string of the molecule is CCCCCC1(CCCCCCOCc2cn(C3OC(C(=O)OC)C(OC(C)=O)C(OC(C)=O)C3OC(C)=O)nn2)c2cc(Br)ccc2-c2ccc(Br)cc21. The molecule has 1 aliphatic heterocycles. The third-order valence-electron chi connectivity index (χ3n) is 10.1. The van der Waals surface area contributed by atoms with Gasteiger partial charge in [0.1, 0.15) is 5.69 Å². The molecule has 5 atom stereocenters. The number of unbranched alkanes of at least 4 members (excludes halogenated alkanes) is 5. The van der Waals surface area contributed by atoms with Crippen LogP contribution in [0.15, 0.2) is 51.5 Å². The van der Waals surface area contributed by atoms with Crippen LogP contribution in [0.2, 0.25) is 0 Å². The van der Waals surface area contributed by atoms with E-state index in [0.29, 0.717) is 12.3 Å². The second-order valence-electron chi connectivity index (χ2n) is 14.0. The fraction of sp³-hybridized carbons (Fsp3) is 0.550. The summed E-state index contributed by atoms with van der Waals surface area (Å²) in [6, 6.07) is 13.4. The summed E-state index contributed by atoms with van der Waals surface area (Å²) in [5.74, 6) is -3.18. The van der Waals surface area contributed by atoms with Crippen molar-refractivity contribution in [2.75, 3.05) is 13.7 Å². The first-order chi connectivity index (χ1) is 26.4. The molecule has 1 aromatic heterocycles. The minimum absolute atomic E-state index is 0.0251. The van der Waals surface area contributed by atoms with E-state index < -0.39 is 54.5 Å². The van der Waals surface area contributed by atoms with Gasteiger partial charge in [-0.3, -0.25) is 14.4 Å². The lowest BCUT2D eigenvalue weighted by Crippen LogP contribution is -2.61. The predicted octanol–water partition coefficient (Wildman–Crippen LogP) is 7.68. The van der Waals surface area contributed by atoms with Gasteiger partial charge in [-0.15, -0.1) is 5.10 Å². The van der Waals surface area contributed by atoms with Gasteiger partial charge in [-0.25, -0.2) is 9.48 Å². The Kier molecular flexibility index (Phi) is 15.0. The minimum Gasteiger partial charge on any atom is -0.467 e. The molecule has 3 aromatic rings. The average Bonchev–Trinajstić information content (AvgIpc) is 3.70. The third-order valence-corrected chi connectivity index (χ3v) is 11.0. The first-order valence-electron chi connectivity index (χ1n) is 18.7. The van der Waals surface area contributed by atoms with Crippen LogP contribution in [-0.2, 0) is 59.6 Å².